The number of rotatable bonds is 4. The topological polar surface area (TPSA) is 91.1 Å². The number of nitrogens with one attached hydrogen (secondary N) is 2. The number of anilines is 1. The maximum atomic E-state index is 14.4. The number of H-pyrrole nitrogens is 1. The first-order valence-corrected chi connectivity index (χ1v) is 8.22. The van der Waals surface area contributed by atoms with Crippen LogP contribution in [-0.2, 0) is 6.61 Å². The van der Waals surface area contributed by atoms with Gasteiger partial charge in [0.2, 0.25) is 5.95 Å². The summed E-state index contributed by atoms with van der Waals surface area (Å²) in [5.41, 5.74) is 1.83. The van der Waals surface area contributed by atoms with E-state index in [1.807, 2.05) is 0 Å². The molecule has 4 aromatic heterocycles. The van der Waals surface area contributed by atoms with Gasteiger partial charge in [-0.1, -0.05) is 0 Å². The van der Waals surface area contributed by atoms with E-state index in [2.05, 4.69) is 25.3 Å². The second-order valence-corrected chi connectivity index (χ2v) is 6.24. The van der Waals surface area contributed by atoms with Crippen molar-refractivity contribution in [2.24, 2.45) is 0 Å². The van der Waals surface area contributed by atoms with Crippen LogP contribution in [0.3, 0.4) is 0 Å². The second kappa shape index (κ2) is 6.44. The van der Waals surface area contributed by atoms with E-state index in [0.29, 0.717) is 27.9 Å². The molecule has 0 aliphatic rings. The van der Waals surface area contributed by atoms with Crippen molar-refractivity contribution < 1.29 is 22.7 Å². The van der Waals surface area contributed by atoms with Gasteiger partial charge in [-0.05, 0) is 13.0 Å². The fourth-order valence-corrected chi connectivity index (χ4v) is 2.85. The van der Waals surface area contributed by atoms with E-state index in [1.165, 1.54) is 22.9 Å². The SMILES string of the molecule is CC(Nc1ncc2c(-c3cc(F)c4ncc(CO)n4c3)c[nH]c2n1)C(F)(F)F. The first kappa shape index (κ1) is 18.2. The Morgan fingerprint density at radius 2 is 2.07 bits per heavy atom. The lowest BCUT2D eigenvalue weighted by Crippen LogP contribution is -2.33. The van der Waals surface area contributed by atoms with Crippen molar-refractivity contribution in [1.82, 2.24) is 24.3 Å². The number of hydrogen-bond donors (Lipinski definition) is 3. The maximum absolute atomic E-state index is 14.4. The van der Waals surface area contributed by atoms with Crippen molar-refractivity contribution in [3.8, 4) is 11.1 Å². The number of aromatic nitrogens is 5. The molecule has 0 aromatic carbocycles. The molecule has 4 aromatic rings. The van der Waals surface area contributed by atoms with Gasteiger partial charge in [-0.3, -0.25) is 4.40 Å². The average Bonchev–Trinajstić information content (AvgIpc) is 3.24. The minimum Gasteiger partial charge on any atom is -0.390 e. The monoisotopic (exact) mass is 394 g/mol. The largest absolute Gasteiger partial charge is 0.408 e. The molecule has 28 heavy (non-hydrogen) atoms. The van der Waals surface area contributed by atoms with E-state index in [0.717, 1.165) is 6.92 Å². The smallest absolute Gasteiger partial charge is 0.390 e. The fourth-order valence-electron chi connectivity index (χ4n) is 2.85. The highest BCUT2D eigenvalue weighted by Gasteiger charge is 2.36. The van der Waals surface area contributed by atoms with Gasteiger partial charge in [0.05, 0.1) is 18.5 Å². The highest BCUT2D eigenvalue weighted by atomic mass is 19.4. The van der Waals surface area contributed by atoms with Crippen molar-refractivity contribution in [3.05, 3.63) is 42.4 Å². The number of imidazole rings is 1. The highest BCUT2D eigenvalue weighted by Crippen LogP contribution is 2.30. The van der Waals surface area contributed by atoms with Crippen LogP contribution in [0.5, 0.6) is 0 Å². The van der Waals surface area contributed by atoms with Crippen LogP contribution in [0, 0.1) is 5.82 Å². The van der Waals surface area contributed by atoms with E-state index in [9.17, 15) is 22.7 Å². The van der Waals surface area contributed by atoms with Crippen LogP contribution in [0.2, 0.25) is 0 Å². The normalized spacial score (nSPS) is 13.4. The molecule has 0 radical (unpaired) electrons. The number of nitrogens with zero attached hydrogens (tertiary/aromatic N) is 4. The summed E-state index contributed by atoms with van der Waals surface area (Å²) < 4.78 is 53.9. The minimum atomic E-state index is -4.43. The molecule has 1 atom stereocenters. The Morgan fingerprint density at radius 1 is 1.29 bits per heavy atom. The number of hydrogen-bond acceptors (Lipinski definition) is 5. The molecule has 4 rings (SSSR count). The first-order chi connectivity index (χ1) is 13.3. The Balaban J connectivity index is 1.75. The van der Waals surface area contributed by atoms with Crippen molar-refractivity contribution in [2.75, 3.05) is 5.32 Å². The Bertz CT molecular complexity index is 1170. The van der Waals surface area contributed by atoms with E-state index < -0.39 is 18.0 Å². The molecule has 7 nitrogen and oxygen atoms in total. The maximum Gasteiger partial charge on any atom is 0.408 e. The molecule has 0 spiro atoms. The van der Waals surface area contributed by atoms with Crippen LogP contribution >= 0.6 is 0 Å². The van der Waals surface area contributed by atoms with Gasteiger partial charge in [0, 0.05) is 35.1 Å². The third kappa shape index (κ3) is 3.03. The van der Waals surface area contributed by atoms with Gasteiger partial charge in [0.25, 0.3) is 0 Å². The summed E-state index contributed by atoms with van der Waals surface area (Å²) in [6.45, 7) is 0.656. The predicted octanol–water partition coefficient (Wildman–Crippen LogP) is 3.27. The average molecular weight is 394 g/mol. The number of fused-ring (bicyclic) bond motifs is 2. The van der Waals surface area contributed by atoms with Crippen LogP contribution in [0.1, 0.15) is 12.6 Å². The number of aromatic amines is 1. The number of alkyl halides is 3. The van der Waals surface area contributed by atoms with Gasteiger partial charge in [-0.2, -0.15) is 18.2 Å². The van der Waals surface area contributed by atoms with E-state index in [-0.39, 0.29) is 18.2 Å². The Morgan fingerprint density at radius 3 is 2.79 bits per heavy atom. The molecule has 4 heterocycles. The Kier molecular flexibility index (Phi) is 4.18. The van der Waals surface area contributed by atoms with E-state index >= 15 is 0 Å². The van der Waals surface area contributed by atoms with Crippen LogP contribution in [-0.4, -0.2) is 41.7 Å². The quantitative estimate of drug-likeness (QED) is 0.462. The molecule has 1 unspecified atom stereocenters. The lowest BCUT2D eigenvalue weighted by Gasteiger charge is -2.16. The van der Waals surface area contributed by atoms with Gasteiger partial charge in [-0.15, -0.1) is 0 Å². The van der Waals surface area contributed by atoms with Gasteiger partial charge in [0.1, 0.15) is 11.7 Å². The number of aliphatic hydroxyl groups is 1. The molecule has 0 saturated carbocycles. The lowest BCUT2D eigenvalue weighted by atomic mass is 10.1. The molecule has 146 valence electrons. The molecule has 0 saturated heterocycles. The zero-order valence-electron chi connectivity index (χ0n) is 14.4. The van der Waals surface area contributed by atoms with E-state index in [4.69, 9.17) is 0 Å². The summed E-state index contributed by atoms with van der Waals surface area (Å²) in [7, 11) is 0. The molecule has 0 fully saturated rings. The summed E-state index contributed by atoms with van der Waals surface area (Å²) in [6.07, 6.45) is 1.48. The molecule has 0 aliphatic heterocycles. The zero-order valence-corrected chi connectivity index (χ0v) is 14.4. The summed E-state index contributed by atoms with van der Waals surface area (Å²) in [4.78, 5) is 14.8. The standard InChI is InChI=1S/C17H14F4N6O/c1-8(17(19,20)21)25-16-24-5-12-11(4-22-14(12)26-16)9-2-13(18)15-23-3-10(7-28)27(15)6-9/h2-6,8,28H,7H2,1H3,(H2,22,24,25,26). The Hall–Kier alpha value is -3.21. The summed E-state index contributed by atoms with van der Waals surface area (Å²) in [6, 6.07) is -0.529. The number of pyridine rings is 1. The van der Waals surface area contributed by atoms with Gasteiger partial charge >= 0.3 is 6.18 Å². The molecule has 0 amide bonds. The molecule has 11 heteroatoms. The molecule has 0 aliphatic carbocycles. The first-order valence-electron chi connectivity index (χ1n) is 8.22. The zero-order chi connectivity index (χ0) is 20.1. The van der Waals surface area contributed by atoms with Crippen LogP contribution < -0.4 is 5.32 Å². The third-order valence-corrected chi connectivity index (χ3v) is 4.38. The fraction of sp³-hybridized carbons (Fsp3) is 0.235. The van der Waals surface area contributed by atoms with Crippen molar-refractivity contribution in [1.29, 1.82) is 0 Å². The Labute approximate surface area is 155 Å². The van der Waals surface area contributed by atoms with Crippen molar-refractivity contribution >= 4 is 22.6 Å². The molecular weight excluding hydrogens is 380 g/mol. The third-order valence-electron chi connectivity index (χ3n) is 4.38. The molecular formula is C17H14F4N6O. The van der Waals surface area contributed by atoms with Gasteiger partial charge in [-0.25, -0.2) is 14.4 Å². The highest BCUT2D eigenvalue weighted by molar-refractivity contribution is 5.93. The van der Waals surface area contributed by atoms with Crippen LogP contribution in [0.4, 0.5) is 23.5 Å². The number of halogens is 4. The minimum absolute atomic E-state index is 0.0801. The van der Waals surface area contributed by atoms with Gasteiger partial charge < -0.3 is 15.4 Å². The van der Waals surface area contributed by atoms with Crippen LogP contribution in [0.25, 0.3) is 27.8 Å². The van der Waals surface area contributed by atoms with Crippen molar-refractivity contribution in [3.63, 3.8) is 0 Å². The lowest BCUT2D eigenvalue weighted by molar-refractivity contribution is -0.138. The summed E-state index contributed by atoms with van der Waals surface area (Å²) in [5.74, 6) is -0.755. The second-order valence-electron chi connectivity index (χ2n) is 6.24. The number of aliphatic hydroxyl groups excluding tert-OH is 1. The van der Waals surface area contributed by atoms with Crippen LogP contribution in [0.15, 0.2) is 30.9 Å². The predicted molar refractivity (Wildman–Crippen MR) is 93.1 cm³/mol. The molecule has 3 N–H and O–H groups in total. The van der Waals surface area contributed by atoms with Gasteiger partial charge in [0.15, 0.2) is 11.5 Å². The van der Waals surface area contributed by atoms with Crippen molar-refractivity contribution in [2.45, 2.75) is 25.7 Å². The summed E-state index contributed by atoms with van der Waals surface area (Å²) >= 11 is 0. The molecule has 0 bridgehead atoms. The van der Waals surface area contributed by atoms with E-state index in [1.54, 1.807) is 12.4 Å². The summed E-state index contributed by atoms with van der Waals surface area (Å²) in [5, 5.41) is 12.1.